The molecule has 1 unspecified atom stereocenters. The lowest BCUT2D eigenvalue weighted by Gasteiger charge is -2.11. The molecule has 0 radical (unpaired) electrons. The van der Waals surface area contributed by atoms with E-state index in [9.17, 15) is 23.3 Å². The highest BCUT2D eigenvalue weighted by Crippen LogP contribution is 2.22. The summed E-state index contributed by atoms with van der Waals surface area (Å²) in [7, 11) is -3.09. The van der Waals surface area contributed by atoms with E-state index < -0.39 is 43.2 Å². The number of nitrogens with zero attached hydrogens (tertiary/aromatic N) is 1. The van der Waals surface area contributed by atoms with Crippen molar-refractivity contribution in [2.24, 2.45) is 0 Å². The van der Waals surface area contributed by atoms with Gasteiger partial charge in [0.15, 0.2) is 0 Å². The maximum atomic E-state index is 12.1. The average molecular weight is 318 g/mol. The van der Waals surface area contributed by atoms with Crippen molar-refractivity contribution < 1.29 is 28.0 Å². The van der Waals surface area contributed by atoms with Crippen LogP contribution in [-0.4, -0.2) is 44.2 Å². The molecule has 0 aliphatic heterocycles. The van der Waals surface area contributed by atoms with Gasteiger partial charge in [0.2, 0.25) is 10.0 Å². The Bertz CT molecular complexity index is 655. The maximum absolute atomic E-state index is 12.1. The Morgan fingerprint density at radius 2 is 2.14 bits per heavy atom. The Hall–Kier alpha value is -2.04. The summed E-state index contributed by atoms with van der Waals surface area (Å²) in [6.45, 7) is 1.11. The van der Waals surface area contributed by atoms with E-state index >= 15 is 0 Å². The molecular weight excluding hydrogens is 304 g/mol. The molecule has 1 aromatic rings. The molecule has 0 heterocycles. The standard InChI is InChI=1S/C11H14N2O7S/c1-7(14)6-12-21(18,19)10-4-3-8(13(16)17)5-9(10)11(15)20-2/h3-5,7,12,14H,6H2,1-2H3. The van der Waals surface area contributed by atoms with Crippen molar-refractivity contribution in [2.75, 3.05) is 13.7 Å². The number of aliphatic hydroxyl groups excluding tert-OH is 1. The molecule has 1 rings (SSSR count). The second-order valence-corrected chi connectivity index (χ2v) is 5.87. The van der Waals surface area contributed by atoms with Crippen LogP contribution in [0.15, 0.2) is 23.1 Å². The fourth-order valence-electron chi connectivity index (χ4n) is 1.44. The molecule has 0 aromatic heterocycles. The van der Waals surface area contributed by atoms with Crippen molar-refractivity contribution in [3.63, 3.8) is 0 Å². The van der Waals surface area contributed by atoms with Gasteiger partial charge >= 0.3 is 5.97 Å². The first-order valence-electron chi connectivity index (χ1n) is 5.73. The molecular formula is C11H14N2O7S. The van der Waals surface area contributed by atoms with Crippen LogP contribution in [0.25, 0.3) is 0 Å². The van der Waals surface area contributed by atoms with Crippen molar-refractivity contribution in [3.05, 3.63) is 33.9 Å². The summed E-state index contributed by atoms with van der Waals surface area (Å²) in [4.78, 5) is 21.1. The number of aliphatic hydroxyl groups is 1. The van der Waals surface area contributed by atoms with Crippen molar-refractivity contribution >= 4 is 21.7 Å². The summed E-state index contributed by atoms with van der Waals surface area (Å²) < 4.78 is 30.6. The van der Waals surface area contributed by atoms with E-state index in [1.54, 1.807) is 0 Å². The third-order valence-electron chi connectivity index (χ3n) is 2.44. The summed E-state index contributed by atoms with van der Waals surface area (Å²) in [5, 5.41) is 19.8. The van der Waals surface area contributed by atoms with Crippen LogP contribution in [0, 0.1) is 10.1 Å². The minimum atomic E-state index is -4.12. The van der Waals surface area contributed by atoms with Gasteiger partial charge in [-0.25, -0.2) is 17.9 Å². The molecule has 0 saturated heterocycles. The molecule has 0 aliphatic rings. The number of rotatable bonds is 6. The Morgan fingerprint density at radius 3 is 2.62 bits per heavy atom. The van der Waals surface area contributed by atoms with Gasteiger partial charge in [0.05, 0.1) is 28.6 Å². The molecule has 0 spiro atoms. The molecule has 0 fully saturated rings. The van der Waals surface area contributed by atoms with Crippen molar-refractivity contribution in [2.45, 2.75) is 17.9 Å². The largest absolute Gasteiger partial charge is 0.465 e. The SMILES string of the molecule is COC(=O)c1cc([N+](=O)[O-])ccc1S(=O)(=O)NCC(C)O. The third kappa shape index (κ3) is 4.21. The fraction of sp³-hybridized carbons (Fsp3) is 0.364. The van der Waals surface area contributed by atoms with E-state index in [0.717, 1.165) is 25.3 Å². The van der Waals surface area contributed by atoms with Gasteiger partial charge < -0.3 is 9.84 Å². The molecule has 2 N–H and O–H groups in total. The summed E-state index contributed by atoms with van der Waals surface area (Å²) in [6, 6.07) is 2.72. The van der Waals surface area contributed by atoms with Crippen molar-refractivity contribution in [1.29, 1.82) is 0 Å². The first kappa shape index (κ1) is 17.0. The number of ether oxygens (including phenoxy) is 1. The predicted molar refractivity (Wildman–Crippen MR) is 71.3 cm³/mol. The number of carbonyl (C=O) groups excluding carboxylic acids is 1. The molecule has 116 valence electrons. The maximum Gasteiger partial charge on any atom is 0.339 e. The normalized spacial score (nSPS) is 12.7. The molecule has 9 nitrogen and oxygen atoms in total. The average Bonchev–Trinajstić information content (AvgIpc) is 2.43. The Morgan fingerprint density at radius 1 is 1.52 bits per heavy atom. The van der Waals surface area contributed by atoms with Gasteiger partial charge in [0, 0.05) is 18.7 Å². The zero-order chi connectivity index (χ0) is 16.2. The Kier molecular flexibility index (Phi) is 5.35. The Balaban J connectivity index is 3.34. The second kappa shape index (κ2) is 6.61. The number of esters is 1. The Labute approximate surface area is 120 Å². The number of hydrogen-bond acceptors (Lipinski definition) is 7. The zero-order valence-corrected chi connectivity index (χ0v) is 12.1. The lowest BCUT2D eigenvalue weighted by Crippen LogP contribution is -2.31. The molecule has 0 bridgehead atoms. The molecule has 1 atom stereocenters. The summed E-state index contributed by atoms with van der Waals surface area (Å²) in [5.41, 5.74) is -0.894. The van der Waals surface area contributed by atoms with Gasteiger partial charge in [-0.15, -0.1) is 0 Å². The van der Waals surface area contributed by atoms with Crippen molar-refractivity contribution in [1.82, 2.24) is 4.72 Å². The first-order valence-corrected chi connectivity index (χ1v) is 7.22. The van der Waals surface area contributed by atoms with Crippen LogP contribution in [0.3, 0.4) is 0 Å². The van der Waals surface area contributed by atoms with Gasteiger partial charge in [-0.3, -0.25) is 10.1 Å². The quantitative estimate of drug-likeness (QED) is 0.429. The minimum absolute atomic E-state index is 0.264. The lowest BCUT2D eigenvalue weighted by atomic mass is 10.2. The van der Waals surface area contributed by atoms with Gasteiger partial charge in [0.25, 0.3) is 5.69 Å². The second-order valence-electron chi connectivity index (χ2n) is 4.13. The van der Waals surface area contributed by atoms with Crippen LogP contribution in [0.4, 0.5) is 5.69 Å². The minimum Gasteiger partial charge on any atom is -0.465 e. The molecule has 0 amide bonds. The third-order valence-corrected chi connectivity index (χ3v) is 3.92. The number of nitrogens with one attached hydrogen (secondary N) is 1. The highest BCUT2D eigenvalue weighted by atomic mass is 32.2. The summed E-state index contributed by atoms with van der Waals surface area (Å²) in [6.07, 6.45) is -0.931. The van der Waals surface area contributed by atoms with E-state index in [1.807, 2.05) is 0 Å². The van der Waals surface area contributed by atoms with Crippen LogP contribution < -0.4 is 4.72 Å². The molecule has 21 heavy (non-hydrogen) atoms. The van der Waals surface area contributed by atoms with Gasteiger partial charge in [-0.05, 0) is 13.0 Å². The first-order chi connectivity index (χ1) is 9.69. The highest BCUT2D eigenvalue weighted by Gasteiger charge is 2.25. The number of carbonyl (C=O) groups is 1. The number of nitro groups is 1. The number of benzene rings is 1. The lowest BCUT2D eigenvalue weighted by molar-refractivity contribution is -0.384. The van der Waals surface area contributed by atoms with E-state index in [1.165, 1.54) is 6.92 Å². The van der Waals surface area contributed by atoms with Gasteiger partial charge in [-0.2, -0.15) is 0 Å². The molecule has 1 aromatic carbocycles. The number of non-ortho nitro benzene ring substituents is 1. The van der Waals surface area contributed by atoms with Crippen LogP contribution in [0.2, 0.25) is 0 Å². The van der Waals surface area contributed by atoms with Crippen molar-refractivity contribution in [3.8, 4) is 0 Å². The monoisotopic (exact) mass is 318 g/mol. The molecule has 0 aliphatic carbocycles. The van der Waals surface area contributed by atoms with Gasteiger partial charge in [0.1, 0.15) is 0 Å². The number of methoxy groups -OCH3 is 1. The molecule has 10 heteroatoms. The highest BCUT2D eigenvalue weighted by molar-refractivity contribution is 7.89. The number of nitro benzene ring substituents is 1. The number of sulfonamides is 1. The topological polar surface area (TPSA) is 136 Å². The van der Waals surface area contributed by atoms with E-state index in [-0.39, 0.29) is 6.54 Å². The number of hydrogen-bond donors (Lipinski definition) is 2. The fourth-order valence-corrected chi connectivity index (χ4v) is 2.74. The van der Waals surface area contributed by atoms with Gasteiger partial charge in [-0.1, -0.05) is 0 Å². The van der Waals surface area contributed by atoms with E-state index in [4.69, 9.17) is 5.11 Å². The predicted octanol–water partition coefficient (Wildman–Crippen LogP) is 0.0405. The summed E-state index contributed by atoms with van der Waals surface area (Å²) in [5.74, 6) is -1.02. The van der Waals surface area contributed by atoms with E-state index in [0.29, 0.717) is 0 Å². The van der Waals surface area contributed by atoms with Crippen LogP contribution in [0.1, 0.15) is 17.3 Å². The zero-order valence-electron chi connectivity index (χ0n) is 11.3. The van der Waals surface area contributed by atoms with Crippen LogP contribution >= 0.6 is 0 Å². The summed E-state index contributed by atoms with van der Waals surface area (Å²) >= 11 is 0. The van der Waals surface area contributed by atoms with E-state index in [2.05, 4.69) is 9.46 Å². The smallest absolute Gasteiger partial charge is 0.339 e. The van der Waals surface area contributed by atoms with Crippen LogP contribution in [0.5, 0.6) is 0 Å². The molecule has 0 saturated carbocycles. The van der Waals surface area contributed by atoms with Crippen LogP contribution in [-0.2, 0) is 14.8 Å².